The quantitative estimate of drug-likeness (QED) is 0.176. The first-order valence-corrected chi connectivity index (χ1v) is 17.9. The van der Waals surface area contributed by atoms with Crippen LogP contribution in [-0.2, 0) is 0 Å². The van der Waals surface area contributed by atoms with Gasteiger partial charge in [-0.05, 0) is 82.2 Å². The fourth-order valence-electron chi connectivity index (χ4n) is 7.24. The normalized spacial score (nSPS) is 11.5. The highest BCUT2D eigenvalue weighted by Gasteiger charge is 2.19. The summed E-state index contributed by atoms with van der Waals surface area (Å²) in [5.41, 5.74) is 10.8. The number of thiophene rings is 1. The molecule has 0 bridgehead atoms. The van der Waals surface area contributed by atoms with Gasteiger partial charge in [-0.1, -0.05) is 127 Å². The molecule has 0 unspecified atom stereocenters. The van der Waals surface area contributed by atoms with Gasteiger partial charge >= 0.3 is 0 Å². The molecule has 0 atom stereocenters. The van der Waals surface area contributed by atoms with Crippen molar-refractivity contribution in [1.82, 2.24) is 4.98 Å². The number of aromatic nitrogens is 1. The van der Waals surface area contributed by atoms with Gasteiger partial charge in [0.1, 0.15) is 5.52 Å². The minimum Gasteiger partial charge on any atom is -0.436 e. The van der Waals surface area contributed by atoms with Crippen LogP contribution in [0, 0.1) is 0 Å². The Morgan fingerprint density at radius 2 is 1.12 bits per heavy atom. The number of hydrogen-bond donors (Lipinski definition) is 0. The van der Waals surface area contributed by atoms with E-state index in [1.807, 2.05) is 6.07 Å². The molecule has 0 radical (unpaired) electrons. The molecule has 0 amide bonds. The molecule has 3 nitrogen and oxygen atoms in total. The van der Waals surface area contributed by atoms with Crippen LogP contribution in [0.1, 0.15) is 0 Å². The summed E-state index contributed by atoms with van der Waals surface area (Å²) in [4.78, 5) is 7.42. The van der Waals surface area contributed by atoms with Crippen molar-refractivity contribution in [1.29, 1.82) is 0 Å². The largest absolute Gasteiger partial charge is 0.436 e. The van der Waals surface area contributed by atoms with E-state index in [0.29, 0.717) is 5.89 Å². The maximum Gasteiger partial charge on any atom is 0.228 e. The molecular weight excluding hydrogens is 641 g/mol. The lowest BCUT2D eigenvalue weighted by Gasteiger charge is -2.26. The average molecular weight is 671 g/mol. The number of nitrogens with zero attached hydrogens (tertiary/aromatic N) is 2. The van der Waals surface area contributed by atoms with E-state index in [0.717, 1.165) is 44.5 Å². The first-order chi connectivity index (χ1) is 25.3. The number of benzene rings is 8. The zero-order chi connectivity index (χ0) is 33.7. The molecule has 0 aliphatic carbocycles. The Bertz CT molecular complexity index is 2850. The van der Waals surface area contributed by atoms with E-state index in [1.165, 1.54) is 42.4 Å². The smallest absolute Gasteiger partial charge is 0.228 e. The van der Waals surface area contributed by atoms with E-state index in [2.05, 4.69) is 181 Å². The summed E-state index contributed by atoms with van der Waals surface area (Å²) in [5, 5.41) is 4.62. The fourth-order valence-corrected chi connectivity index (χ4v) is 8.41. The molecule has 10 aromatic rings. The second kappa shape index (κ2) is 12.1. The lowest BCUT2D eigenvalue weighted by Crippen LogP contribution is -2.09. The Kier molecular flexibility index (Phi) is 7.00. The van der Waals surface area contributed by atoms with Gasteiger partial charge in [0.15, 0.2) is 5.58 Å². The van der Waals surface area contributed by atoms with Gasteiger partial charge in [0.25, 0.3) is 0 Å². The molecule has 4 heteroatoms. The van der Waals surface area contributed by atoms with Gasteiger partial charge < -0.3 is 9.32 Å². The van der Waals surface area contributed by atoms with Crippen LogP contribution in [0.5, 0.6) is 0 Å². The molecule has 0 saturated heterocycles. The Labute approximate surface area is 299 Å². The maximum absolute atomic E-state index is 6.44. The zero-order valence-electron chi connectivity index (χ0n) is 27.5. The molecule has 0 N–H and O–H groups in total. The van der Waals surface area contributed by atoms with Crippen molar-refractivity contribution >= 4 is 70.4 Å². The molecule has 240 valence electrons. The van der Waals surface area contributed by atoms with Gasteiger partial charge in [-0.2, -0.15) is 0 Å². The maximum atomic E-state index is 6.44. The molecule has 0 spiro atoms. The minimum atomic E-state index is 0.647. The number of oxazole rings is 1. The molecule has 0 aliphatic rings. The second-order valence-corrected chi connectivity index (χ2v) is 13.9. The Morgan fingerprint density at radius 3 is 1.94 bits per heavy atom. The second-order valence-electron chi connectivity index (χ2n) is 12.8. The van der Waals surface area contributed by atoms with E-state index in [4.69, 9.17) is 9.40 Å². The van der Waals surface area contributed by atoms with E-state index >= 15 is 0 Å². The standard InChI is InChI=1S/C47H30N2OS/c1-3-11-31(12-4-1)33-21-24-36(25-22-33)49(37-17-9-16-35(29-37)32-13-5-2-6-14-32)38-26-27-40-44(30-38)51-43-20-10-19-41(45(40)43)47-48-46-39-18-8-7-15-34(39)23-28-42(46)50-47/h1-30H. The summed E-state index contributed by atoms with van der Waals surface area (Å²) in [6.07, 6.45) is 0. The van der Waals surface area contributed by atoms with Crippen molar-refractivity contribution in [3.8, 4) is 33.7 Å². The summed E-state index contributed by atoms with van der Waals surface area (Å²) in [7, 11) is 0. The Balaban J connectivity index is 1.12. The number of fused-ring (bicyclic) bond motifs is 6. The molecule has 2 heterocycles. The average Bonchev–Trinajstić information content (AvgIpc) is 3.81. The highest BCUT2D eigenvalue weighted by Crippen LogP contribution is 2.44. The third-order valence-electron chi connectivity index (χ3n) is 9.70. The fraction of sp³-hybridized carbons (Fsp3) is 0. The van der Waals surface area contributed by atoms with Crippen LogP contribution in [0.25, 0.3) is 75.8 Å². The number of hydrogen-bond acceptors (Lipinski definition) is 4. The first-order valence-electron chi connectivity index (χ1n) is 17.1. The van der Waals surface area contributed by atoms with Gasteiger partial charge in [-0.25, -0.2) is 4.98 Å². The highest BCUT2D eigenvalue weighted by atomic mass is 32.1. The third-order valence-corrected chi connectivity index (χ3v) is 10.8. The lowest BCUT2D eigenvalue weighted by atomic mass is 10.0. The first kappa shape index (κ1) is 29.4. The summed E-state index contributed by atoms with van der Waals surface area (Å²) in [6, 6.07) is 64.5. The van der Waals surface area contributed by atoms with Crippen LogP contribution >= 0.6 is 11.3 Å². The Morgan fingerprint density at radius 1 is 0.451 bits per heavy atom. The van der Waals surface area contributed by atoms with Crippen molar-refractivity contribution in [2.45, 2.75) is 0 Å². The van der Waals surface area contributed by atoms with Crippen LogP contribution in [-0.4, -0.2) is 4.98 Å². The molecule has 8 aromatic carbocycles. The molecule has 51 heavy (non-hydrogen) atoms. The molecular formula is C47H30N2OS. The van der Waals surface area contributed by atoms with Gasteiger partial charge in [0.05, 0.1) is 0 Å². The highest BCUT2D eigenvalue weighted by molar-refractivity contribution is 7.26. The van der Waals surface area contributed by atoms with Gasteiger partial charge in [-0.3, -0.25) is 0 Å². The third kappa shape index (κ3) is 5.16. The van der Waals surface area contributed by atoms with Crippen molar-refractivity contribution in [3.05, 3.63) is 182 Å². The van der Waals surface area contributed by atoms with E-state index in [9.17, 15) is 0 Å². The van der Waals surface area contributed by atoms with Gasteiger partial charge in [0.2, 0.25) is 5.89 Å². The van der Waals surface area contributed by atoms with Crippen molar-refractivity contribution in [2.75, 3.05) is 4.90 Å². The van der Waals surface area contributed by atoms with Gasteiger partial charge in [0, 0.05) is 48.2 Å². The van der Waals surface area contributed by atoms with Gasteiger partial charge in [-0.15, -0.1) is 11.3 Å². The number of anilines is 3. The monoisotopic (exact) mass is 670 g/mol. The lowest BCUT2D eigenvalue weighted by molar-refractivity contribution is 0.621. The van der Waals surface area contributed by atoms with Crippen molar-refractivity contribution < 1.29 is 4.42 Å². The summed E-state index contributed by atoms with van der Waals surface area (Å²) in [5.74, 6) is 0.647. The predicted octanol–water partition coefficient (Wildman–Crippen LogP) is 13.8. The topological polar surface area (TPSA) is 29.3 Å². The van der Waals surface area contributed by atoms with Crippen LogP contribution in [0.15, 0.2) is 186 Å². The summed E-state index contributed by atoms with van der Waals surface area (Å²) in [6.45, 7) is 0. The Hall–Kier alpha value is -6.49. The zero-order valence-corrected chi connectivity index (χ0v) is 28.3. The van der Waals surface area contributed by atoms with Crippen molar-refractivity contribution in [3.63, 3.8) is 0 Å². The molecule has 0 fully saturated rings. The van der Waals surface area contributed by atoms with Crippen molar-refractivity contribution in [2.24, 2.45) is 0 Å². The van der Waals surface area contributed by atoms with E-state index in [1.54, 1.807) is 11.3 Å². The molecule has 2 aromatic heterocycles. The van der Waals surface area contributed by atoms with Crippen LogP contribution in [0.4, 0.5) is 17.1 Å². The van der Waals surface area contributed by atoms with E-state index in [-0.39, 0.29) is 0 Å². The SMILES string of the molecule is c1ccc(-c2ccc(N(c3cccc(-c4ccccc4)c3)c3ccc4c(c3)sc3cccc(-c5nc6c(ccc7ccccc76)o5)c34)cc2)cc1. The minimum absolute atomic E-state index is 0.647. The molecule has 10 rings (SSSR count). The predicted molar refractivity (Wildman–Crippen MR) is 215 cm³/mol. The van der Waals surface area contributed by atoms with E-state index < -0.39 is 0 Å². The van der Waals surface area contributed by atoms with Crippen LogP contribution in [0.2, 0.25) is 0 Å². The molecule has 0 aliphatic heterocycles. The molecule has 0 saturated carbocycles. The number of rotatable bonds is 6. The summed E-state index contributed by atoms with van der Waals surface area (Å²) >= 11 is 1.81. The van der Waals surface area contributed by atoms with Crippen LogP contribution in [0.3, 0.4) is 0 Å². The van der Waals surface area contributed by atoms with Crippen LogP contribution < -0.4 is 4.90 Å². The summed E-state index contributed by atoms with van der Waals surface area (Å²) < 4.78 is 8.86.